The molecule has 2 aromatic rings. The summed E-state index contributed by atoms with van der Waals surface area (Å²) in [6.45, 7) is 6.22. The van der Waals surface area contributed by atoms with Crippen LogP contribution in [0.3, 0.4) is 0 Å². The highest BCUT2D eigenvalue weighted by atomic mass is 32.2. The third kappa shape index (κ3) is 3.02. The quantitative estimate of drug-likeness (QED) is 0.835. The lowest BCUT2D eigenvalue weighted by Gasteiger charge is -2.18. The molecule has 0 fully saturated rings. The Bertz CT molecular complexity index is 549. The summed E-state index contributed by atoms with van der Waals surface area (Å²) < 4.78 is 0. The Labute approximate surface area is 119 Å². The highest BCUT2D eigenvalue weighted by Crippen LogP contribution is 2.29. The van der Waals surface area contributed by atoms with Crippen molar-refractivity contribution < 1.29 is 5.11 Å². The van der Waals surface area contributed by atoms with Gasteiger partial charge < -0.3 is 5.11 Å². The van der Waals surface area contributed by atoms with E-state index in [0.717, 1.165) is 22.3 Å². The van der Waals surface area contributed by atoms with Crippen molar-refractivity contribution in [3.8, 4) is 0 Å². The summed E-state index contributed by atoms with van der Waals surface area (Å²) in [4.78, 5) is 1.22. The van der Waals surface area contributed by atoms with Crippen LogP contribution in [0, 0.1) is 20.8 Å². The maximum Gasteiger partial charge on any atom is 0.105 e. The molecule has 2 heteroatoms. The zero-order chi connectivity index (χ0) is 14.0. The molecule has 19 heavy (non-hydrogen) atoms. The van der Waals surface area contributed by atoms with Crippen LogP contribution in [0.4, 0.5) is 0 Å². The minimum Gasteiger partial charge on any atom is -0.384 e. The van der Waals surface area contributed by atoms with Gasteiger partial charge in [-0.1, -0.05) is 29.8 Å². The fraction of sp³-hybridized carbons (Fsp3) is 0.294. The van der Waals surface area contributed by atoms with Gasteiger partial charge in [0.2, 0.25) is 0 Å². The topological polar surface area (TPSA) is 20.2 Å². The Morgan fingerprint density at radius 3 is 1.95 bits per heavy atom. The molecule has 0 aliphatic heterocycles. The van der Waals surface area contributed by atoms with Crippen LogP contribution in [0.2, 0.25) is 0 Å². The van der Waals surface area contributed by atoms with Crippen LogP contribution in [0.25, 0.3) is 0 Å². The molecule has 1 atom stereocenters. The van der Waals surface area contributed by atoms with Gasteiger partial charge in [0.05, 0.1) is 0 Å². The van der Waals surface area contributed by atoms with Crippen molar-refractivity contribution in [3.63, 3.8) is 0 Å². The predicted molar refractivity (Wildman–Crippen MR) is 82.9 cm³/mol. The van der Waals surface area contributed by atoms with Crippen molar-refractivity contribution in [2.45, 2.75) is 31.8 Å². The molecule has 0 radical (unpaired) electrons. The number of hydrogen-bond acceptors (Lipinski definition) is 2. The molecular formula is C17H20OS. The summed E-state index contributed by atoms with van der Waals surface area (Å²) in [6.07, 6.45) is 1.51. The molecule has 0 saturated heterocycles. The number of hydrogen-bond donors (Lipinski definition) is 1. The van der Waals surface area contributed by atoms with Gasteiger partial charge in [0.1, 0.15) is 6.10 Å². The Hall–Kier alpha value is -1.25. The van der Waals surface area contributed by atoms with Crippen molar-refractivity contribution in [2.75, 3.05) is 6.26 Å². The van der Waals surface area contributed by atoms with E-state index in [0.29, 0.717) is 0 Å². The minimum atomic E-state index is -0.545. The highest BCUT2D eigenvalue weighted by molar-refractivity contribution is 7.98. The molecule has 1 nitrogen and oxygen atoms in total. The highest BCUT2D eigenvalue weighted by Gasteiger charge is 2.15. The lowest BCUT2D eigenvalue weighted by atomic mass is 9.92. The van der Waals surface area contributed by atoms with Crippen LogP contribution in [-0.4, -0.2) is 11.4 Å². The number of aliphatic hydroxyl groups is 1. The van der Waals surface area contributed by atoms with Crippen molar-refractivity contribution in [2.24, 2.45) is 0 Å². The Kier molecular flexibility index (Phi) is 4.33. The molecule has 0 aromatic heterocycles. The maximum absolute atomic E-state index is 10.6. The van der Waals surface area contributed by atoms with E-state index < -0.39 is 6.10 Å². The summed E-state index contributed by atoms with van der Waals surface area (Å²) in [5.74, 6) is 0. The van der Waals surface area contributed by atoms with E-state index in [2.05, 4.69) is 51.3 Å². The van der Waals surface area contributed by atoms with Gasteiger partial charge in [-0.25, -0.2) is 0 Å². The van der Waals surface area contributed by atoms with E-state index in [4.69, 9.17) is 0 Å². The minimum absolute atomic E-state index is 0.545. The number of thioether (sulfide) groups is 1. The van der Waals surface area contributed by atoms with Gasteiger partial charge in [-0.3, -0.25) is 0 Å². The number of benzene rings is 2. The van der Waals surface area contributed by atoms with Crippen LogP contribution < -0.4 is 0 Å². The Balaban J connectivity index is 2.40. The fourth-order valence-corrected chi connectivity index (χ4v) is 2.98. The molecule has 0 amide bonds. The smallest absolute Gasteiger partial charge is 0.105 e. The molecule has 0 aliphatic carbocycles. The zero-order valence-electron chi connectivity index (χ0n) is 11.9. The summed E-state index contributed by atoms with van der Waals surface area (Å²) >= 11 is 1.71. The average Bonchev–Trinajstić information content (AvgIpc) is 2.37. The second-order valence-electron chi connectivity index (χ2n) is 4.99. The van der Waals surface area contributed by atoms with Crippen molar-refractivity contribution in [3.05, 3.63) is 64.2 Å². The molecule has 2 aromatic carbocycles. The summed E-state index contributed by atoms with van der Waals surface area (Å²) in [5, 5.41) is 10.6. The molecule has 0 heterocycles. The number of rotatable bonds is 3. The first kappa shape index (κ1) is 14.2. The first-order valence-electron chi connectivity index (χ1n) is 6.42. The van der Waals surface area contributed by atoms with E-state index in [1.54, 1.807) is 11.8 Å². The third-order valence-corrected chi connectivity index (χ3v) is 4.19. The lowest BCUT2D eigenvalue weighted by molar-refractivity contribution is 0.218. The van der Waals surface area contributed by atoms with Crippen molar-refractivity contribution in [1.82, 2.24) is 0 Å². The van der Waals surface area contributed by atoms with Crippen molar-refractivity contribution in [1.29, 1.82) is 0 Å². The summed E-state index contributed by atoms with van der Waals surface area (Å²) in [5.41, 5.74) is 5.52. The lowest BCUT2D eigenvalue weighted by Crippen LogP contribution is -2.05. The molecule has 1 unspecified atom stereocenters. The number of aliphatic hydroxyl groups excluding tert-OH is 1. The third-order valence-electron chi connectivity index (χ3n) is 3.44. The molecule has 0 saturated carbocycles. The molecule has 0 spiro atoms. The molecule has 1 N–H and O–H groups in total. The maximum atomic E-state index is 10.6. The Morgan fingerprint density at radius 1 is 0.947 bits per heavy atom. The fourth-order valence-electron chi connectivity index (χ4n) is 2.58. The molecule has 100 valence electrons. The molecular weight excluding hydrogens is 252 g/mol. The normalized spacial score (nSPS) is 12.5. The second-order valence-corrected chi connectivity index (χ2v) is 5.87. The van der Waals surface area contributed by atoms with E-state index >= 15 is 0 Å². The van der Waals surface area contributed by atoms with Crippen LogP contribution in [0.1, 0.15) is 33.9 Å². The average molecular weight is 272 g/mol. The number of aryl methyl sites for hydroxylation is 3. The standard InChI is InChI=1S/C17H20OS/c1-11-9-12(2)16(13(3)10-11)17(18)14-5-7-15(19-4)8-6-14/h5-10,17-18H,1-4H3. The predicted octanol–water partition coefficient (Wildman–Crippen LogP) is 4.42. The van der Waals surface area contributed by atoms with Gasteiger partial charge in [-0.15, -0.1) is 11.8 Å². The van der Waals surface area contributed by atoms with E-state index in [1.165, 1.54) is 10.5 Å². The molecule has 0 bridgehead atoms. The van der Waals surface area contributed by atoms with Crippen LogP contribution in [0.15, 0.2) is 41.3 Å². The van der Waals surface area contributed by atoms with Crippen molar-refractivity contribution >= 4 is 11.8 Å². The van der Waals surface area contributed by atoms with Gasteiger partial charge in [-0.05, 0) is 61.4 Å². The summed E-state index contributed by atoms with van der Waals surface area (Å²) in [7, 11) is 0. The second kappa shape index (κ2) is 5.81. The van der Waals surface area contributed by atoms with E-state index in [9.17, 15) is 5.11 Å². The first-order chi connectivity index (χ1) is 9.02. The monoisotopic (exact) mass is 272 g/mol. The van der Waals surface area contributed by atoms with Gasteiger partial charge >= 0.3 is 0 Å². The largest absolute Gasteiger partial charge is 0.384 e. The molecule has 0 aliphatic rings. The van der Waals surface area contributed by atoms with Gasteiger partial charge in [0, 0.05) is 4.90 Å². The van der Waals surface area contributed by atoms with Crippen LogP contribution >= 0.6 is 11.8 Å². The van der Waals surface area contributed by atoms with Gasteiger partial charge in [0.15, 0.2) is 0 Å². The zero-order valence-corrected chi connectivity index (χ0v) is 12.7. The van der Waals surface area contributed by atoms with E-state index in [1.807, 2.05) is 12.1 Å². The SMILES string of the molecule is CSc1ccc(C(O)c2c(C)cc(C)cc2C)cc1. The van der Waals surface area contributed by atoms with Gasteiger partial charge in [-0.2, -0.15) is 0 Å². The first-order valence-corrected chi connectivity index (χ1v) is 7.65. The van der Waals surface area contributed by atoms with Crippen LogP contribution in [-0.2, 0) is 0 Å². The molecule has 2 rings (SSSR count). The van der Waals surface area contributed by atoms with E-state index in [-0.39, 0.29) is 0 Å². The van der Waals surface area contributed by atoms with Gasteiger partial charge in [0.25, 0.3) is 0 Å². The Morgan fingerprint density at radius 2 is 1.47 bits per heavy atom. The van der Waals surface area contributed by atoms with Crippen LogP contribution in [0.5, 0.6) is 0 Å². The summed E-state index contributed by atoms with van der Waals surface area (Å²) in [6, 6.07) is 12.4.